The van der Waals surface area contributed by atoms with Crippen molar-refractivity contribution in [1.29, 1.82) is 0 Å². The molecule has 0 spiro atoms. The Morgan fingerprint density at radius 2 is 1.77 bits per heavy atom. The minimum Gasteiger partial charge on any atom is -0.494 e. The number of hydrazone groups is 1. The summed E-state index contributed by atoms with van der Waals surface area (Å²) < 4.78 is 1.89. The number of hydrogen-bond donors (Lipinski definition) is 1. The highest BCUT2D eigenvalue weighted by Crippen LogP contribution is 2.33. The lowest BCUT2D eigenvalue weighted by atomic mass is 9.98. The van der Waals surface area contributed by atoms with Crippen molar-refractivity contribution in [3.63, 3.8) is 0 Å². The standard InChI is InChI=1S/C18H20N4O4/c1-10-5-7-12(8-6-10)14-9-13(19-22(14)11(2)23)15-16(24)20(3)18(26)21(4)17(15)25/h5-8,14,24H,9H2,1-4H3. The molecular weight excluding hydrogens is 336 g/mol. The molecule has 0 fully saturated rings. The molecular formula is C18H20N4O4. The van der Waals surface area contributed by atoms with E-state index in [9.17, 15) is 19.5 Å². The second kappa shape index (κ2) is 6.29. The van der Waals surface area contributed by atoms with E-state index < -0.39 is 17.1 Å². The van der Waals surface area contributed by atoms with Crippen LogP contribution in [-0.2, 0) is 18.9 Å². The normalized spacial score (nSPS) is 16.7. The predicted octanol–water partition coefficient (Wildman–Crippen LogP) is 0.796. The zero-order chi connectivity index (χ0) is 19.2. The minimum absolute atomic E-state index is 0.0598. The summed E-state index contributed by atoms with van der Waals surface area (Å²) in [7, 11) is 2.71. The van der Waals surface area contributed by atoms with Gasteiger partial charge in [0.25, 0.3) is 5.56 Å². The molecule has 2 heterocycles. The fourth-order valence-electron chi connectivity index (χ4n) is 3.09. The number of amides is 1. The highest BCUT2D eigenvalue weighted by Gasteiger charge is 2.34. The molecule has 1 aliphatic rings. The highest BCUT2D eigenvalue weighted by molar-refractivity contribution is 6.04. The molecule has 0 radical (unpaired) electrons. The van der Waals surface area contributed by atoms with E-state index in [0.717, 1.165) is 20.3 Å². The molecule has 0 saturated carbocycles. The third-order valence-electron chi connectivity index (χ3n) is 4.62. The van der Waals surface area contributed by atoms with Gasteiger partial charge in [0.05, 0.1) is 11.8 Å². The van der Waals surface area contributed by atoms with Crippen LogP contribution >= 0.6 is 0 Å². The van der Waals surface area contributed by atoms with E-state index in [0.29, 0.717) is 0 Å². The van der Waals surface area contributed by atoms with Gasteiger partial charge in [-0.1, -0.05) is 29.8 Å². The maximum atomic E-state index is 12.5. The quantitative estimate of drug-likeness (QED) is 0.860. The molecule has 0 aliphatic carbocycles. The first kappa shape index (κ1) is 17.7. The molecule has 26 heavy (non-hydrogen) atoms. The number of rotatable bonds is 2. The topological polar surface area (TPSA) is 96.9 Å². The Hall–Kier alpha value is -3.16. The molecule has 136 valence electrons. The first-order valence-corrected chi connectivity index (χ1v) is 8.15. The first-order chi connectivity index (χ1) is 12.2. The Balaban J connectivity index is 2.12. The van der Waals surface area contributed by atoms with Crippen molar-refractivity contribution in [3.8, 4) is 5.88 Å². The van der Waals surface area contributed by atoms with Gasteiger partial charge in [-0.3, -0.25) is 18.7 Å². The third kappa shape index (κ3) is 2.73. The van der Waals surface area contributed by atoms with Gasteiger partial charge in [0.2, 0.25) is 11.8 Å². The Labute approximate surface area is 149 Å². The Bertz CT molecular complexity index is 1030. The van der Waals surface area contributed by atoms with Crippen molar-refractivity contribution in [2.24, 2.45) is 19.2 Å². The molecule has 3 rings (SSSR count). The molecule has 1 aromatic heterocycles. The molecule has 1 N–H and O–H groups in total. The van der Waals surface area contributed by atoms with Crippen molar-refractivity contribution in [3.05, 3.63) is 61.8 Å². The van der Waals surface area contributed by atoms with E-state index >= 15 is 0 Å². The van der Waals surface area contributed by atoms with E-state index in [1.165, 1.54) is 26.0 Å². The van der Waals surface area contributed by atoms with Crippen LogP contribution < -0.4 is 11.2 Å². The summed E-state index contributed by atoms with van der Waals surface area (Å²) in [5.74, 6) is -0.725. The predicted molar refractivity (Wildman–Crippen MR) is 96.2 cm³/mol. The molecule has 1 aromatic carbocycles. The largest absolute Gasteiger partial charge is 0.494 e. The number of aromatic nitrogens is 2. The molecule has 0 bridgehead atoms. The van der Waals surface area contributed by atoms with Gasteiger partial charge in [0, 0.05) is 27.4 Å². The average Bonchev–Trinajstić information content (AvgIpc) is 3.04. The van der Waals surface area contributed by atoms with Gasteiger partial charge in [0.15, 0.2) is 0 Å². The van der Waals surface area contributed by atoms with Crippen molar-refractivity contribution < 1.29 is 9.90 Å². The van der Waals surface area contributed by atoms with Gasteiger partial charge in [0.1, 0.15) is 5.56 Å². The van der Waals surface area contributed by atoms with E-state index in [1.54, 1.807) is 0 Å². The van der Waals surface area contributed by atoms with E-state index in [1.807, 2.05) is 31.2 Å². The van der Waals surface area contributed by atoms with Crippen LogP contribution in [0.4, 0.5) is 0 Å². The molecule has 0 saturated heterocycles. The van der Waals surface area contributed by atoms with E-state index in [4.69, 9.17) is 0 Å². The lowest BCUT2D eigenvalue weighted by molar-refractivity contribution is -0.130. The van der Waals surface area contributed by atoms with Gasteiger partial charge >= 0.3 is 5.69 Å². The summed E-state index contributed by atoms with van der Waals surface area (Å²) in [4.78, 5) is 36.5. The summed E-state index contributed by atoms with van der Waals surface area (Å²) in [6.45, 7) is 3.36. The molecule has 1 amide bonds. The number of hydrogen-bond acceptors (Lipinski definition) is 5. The summed E-state index contributed by atoms with van der Waals surface area (Å²) in [6, 6.07) is 7.33. The first-order valence-electron chi connectivity index (χ1n) is 8.15. The van der Waals surface area contributed by atoms with Crippen LogP contribution in [0.15, 0.2) is 39.0 Å². The highest BCUT2D eigenvalue weighted by atomic mass is 16.3. The second-order valence-corrected chi connectivity index (χ2v) is 6.45. The van der Waals surface area contributed by atoms with Crippen LogP contribution in [0.5, 0.6) is 5.88 Å². The zero-order valence-corrected chi connectivity index (χ0v) is 15.1. The molecule has 1 aliphatic heterocycles. The summed E-state index contributed by atoms with van der Waals surface area (Å²) in [5, 5.41) is 15.9. The summed E-state index contributed by atoms with van der Waals surface area (Å²) >= 11 is 0. The SMILES string of the molecule is CC(=O)N1N=C(c2c(O)n(C)c(=O)n(C)c2=O)CC1c1ccc(C)cc1. The number of carbonyl (C=O) groups is 1. The van der Waals surface area contributed by atoms with Crippen LogP contribution in [0.3, 0.4) is 0 Å². The maximum absolute atomic E-state index is 12.5. The lowest BCUT2D eigenvalue weighted by Crippen LogP contribution is -2.39. The smallest absolute Gasteiger partial charge is 0.333 e. The second-order valence-electron chi connectivity index (χ2n) is 6.45. The number of benzene rings is 1. The molecule has 8 nitrogen and oxygen atoms in total. The van der Waals surface area contributed by atoms with Crippen LogP contribution in [0.2, 0.25) is 0 Å². The fourth-order valence-corrected chi connectivity index (χ4v) is 3.09. The van der Waals surface area contributed by atoms with Crippen molar-refractivity contribution in [2.75, 3.05) is 0 Å². The lowest BCUT2D eigenvalue weighted by Gasteiger charge is -2.20. The summed E-state index contributed by atoms with van der Waals surface area (Å²) in [5.41, 5.74) is 0.915. The molecule has 1 atom stereocenters. The van der Waals surface area contributed by atoms with Crippen molar-refractivity contribution in [2.45, 2.75) is 26.3 Å². The number of carbonyl (C=O) groups excluding carboxylic acids is 1. The monoisotopic (exact) mass is 356 g/mol. The minimum atomic E-state index is -0.641. The maximum Gasteiger partial charge on any atom is 0.333 e. The van der Waals surface area contributed by atoms with Crippen molar-refractivity contribution >= 4 is 11.6 Å². The number of aromatic hydroxyl groups is 1. The zero-order valence-electron chi connectivity index (χ0n) is 15.1. The van der Waals surface area contributed by atoms with Gasteiger partial charge in [-0.15, -0.1) is 0 Å². The van der Waals surface area contributed by atoms with Gasteiger partial charge in [-0.2, -0.15) is 5.10 Å². The van der Waals surface area contributed by atoms with Gasteiger partial charge in [-0.05, 0) is 12.5 Å². The third-order valence-corrected chi connectivity index (χ3v) is 4.62. The van der Waals surface area contributed by atoms with Crippen LogP contribution in [0, 0.1) is 6.92 Å². The Morgan fingerprint density at radius 1 is 1.15 bits per heavy atom. The fraction of sp³-hybridized carbons (Fsp3) is 0.333. The molecule has 2 aromatic rings. The average molecular weight is 356 g/mol. The molecule has 1 unspecified atom stereocenters. The molecule has 8 heteroatoms. The van der Waals surface area contributed by atoms with Gasteiger partial charge < -0.3 is 5.11 Å². The Kier molecular flexibility index (Phi) is 4.27. The number of nitrogens with zero attached hydrogens (tertiary/aromatic N) is 4. The van der Waals surface area contributed by atoms with Gasteiger partial charge in [-0.25, -0.2) is 9.80 Å². The van der Waals surface area contributed by atoms with Crippen molar-refractivity contribution in [1.82, 2.24) is 14.1 Å². The van der Waals surface area contributed by atoms with E-state index in [-0.39, 0.29) is 29.6 Å². The van der Waals surface area contributed by atoms with Crippen LogP contribution in [0.25, 0.3) is 0 Å². The number of aryl methyl sites for hydroxylation is 1. The Morgan fingerprint density at radius 3 is 2.35 bits per heavy atom. The summed E-state index contributed by atoms with van der Waals surface area (Å²) in [6.07, 6.45) is 0.268. The van der Waals surface area contributed by atoms with Crippen LogP contribution in [-0.4, -0.2) is 30.9 Å². The van der Waals surface area contributed by atoms with E-state index in [2.05, 4.69) is 5.10 Å². The van der Waals surface area contributed by atoms with Crippen LogP contribution in [0.1, 0.15) is 36.1 Å².